The summed E-state index contributed by atoms with van der Waals surface area (Å²) in [6.07, 6.45) is -3.40. The zero-order valence-corrected chi connectivity index (χ0v) is 15.1. The summed E-state index contributed by atoms with van der Waals surface area (Å²) in [7, 11) is -4.74. The number of rotatable bonds is 6. The number of nitrogens with zero attached hydrogens (tertiary/aromatic N) is 4. The van der Waals surface area contributed by atoms with E-state index in [2.05, 4.69) is 10.2 Å². The second-order valence-electron chi connectivity index (χ2n) is 5.26. The molecule has 1 aromatic heterocycles. The number of amides is 1. The number of alkyl halides is 5. The maximum Gasteiger partial charge on any atom is 0.517 e. The Kier molecular flexibility index (Phi) is 5.91. The Bertz CT molecular complexity index is 957. The van der Waals surface area contributed by atoms with Crippen LogP contribution in [0.1, 0.15) is 25.6 Å². The molecule has 2 rings (SSSR count). The van der Waals surface area contributed by atoms with Gasteiger partial charge in [0, 0.05) is 13.5 Å². The van der Waals surface area contributed by atoms with Crippen LogP contribution in [0.2, 0.25) is 0 Å². The van der Waals surface area contributed by atoms with Crippen molar-refractivity contribution in [3.63, 3.8) is 0 Å². The average molecular weight is 428 g/mol. The summed E-state index contributed by atoms with van der Waals surface area (Å²) in [6.45, 7) is 1.20. The zero-order valence-electron chi connectivity index (χ0n) is 14.3. The predicted molar refractivity (Wildman–Crippen MR) is 85.2 cm³/mol. The molecule has 1 aromatic carbocycles. The smallest absolute Gasteiger partial charge is 0.424 e. The monoisotopic (exact) mass is 428 g/mol. The summed E-state index contributed by atoms with van der Waals surface area (Å²) in [5.41, 5.74) is -6.25. The van der Waals surface area contributed by atoms with E-state index in [1.807, 2.05) is 0 Å². The van der Waals surface area contributed by atoms with Gasteiger partial charge in [0.1, 0.15) is 5.75 Å². The van der Waals surface area contributed by atoms with Gasteiger partial charge in [0.25, 0.3) is 6.43 Å². The van der Waals surface area contributed by atoms with Crippen molar-refractivity contribution in [3.8, 4) is 11.8 Å². The van der Waals surface area contributed by atoms with Crippen LogP contribution < -0.4 is 9.04 Å². The Balaban J connectivity index is 2.35. The molecule has 0 radical (unpaired) electrons. The third kappa shape index (κ3) is 4.05. The minimum absolute atomic E-state index is 0.0617. The molecule has 1 amide bonds. The number of carbonyl (C=O) groups is 1. The molecule has 0 bridgehead atoms. The van der Waals surface area contributed by atoms with Crippen molar-refractivity contribution in [2.45, 2.75) is 25.3 Å². The standard InChI is InChI=1S/C14H13F5N4O4S/c1-3-10(24)23(28(25,26)14(17,18)19)8-4-6-9(7-5-8)27-13-21-20-12(11(15)16)22(13)2/h4-7,11H,3H2,1-2H3. The van der Waals surface area contributed by atoms with Crippen molar-refractivity contribution in [3.05, 3.63) is 30.1 Å². The molecule has 154 valence electrons. The summed E-state index contributed by atoms with van der Waals surface area (Å²) in [4.78, 5) is 11.8. The number of sulfonamides is 1. The molecule has 0 N–H and O–H groups in total. The molecule has 1 heterocycles. The van der Waals surface area contributed by atoms with Crippen LogP contribution in [-0.4, -0.2) is 34.6 Å². The molecular formula is C14H13F5N4O4S. The first-order valence-electron chi connectivity index (χ1n) is 7.50. The number of hydrogen-bond acceptors (Lipinski definition) is 6. The number of benzene rings is 1. The fourth-order valence-electron chi connectivity index (χ4n) is 2.02. The van der Waals surface area contributed by atoms with E-state index in [-0.39, 0.29) is 16.1 Å². The number of halogens is 5. The first kappa shape index (κ1) is 21.5. The number of ether oxygens (including phenoxy) is 1. The van der Waals surface area contributed by atoms with Crippen LogP contribution in [0.25, 0.3) is 0 Å². The van der Waals surface area contributed by atoms with Crippen LogP contribution in [0.4, 0.5) is 27.6 Å². The van der Waals surface area contributed by atoms with Crippen LogP contribution in [0.15, 0.2) is 24.3 Å². The first-order chi connectivity index (χ1) is 12.9. The van der Waals surface area contributed by atoms with Gasteiger partial charge in [0.2, 0.25) is 11.7 Å². The van der Waals surface area contributed by atoms with E-state index in [0.29, 0.717) is 0 Å². The molecule has 0 aliphatic heterocycles. The maximum atomic E-state index is 12.9. The Labute approximate surface area is 155 Å². The van der Waals surface area contributed by atoms with Gasteiger partial charge in [-0.15, -0.1) is 5.10 Å². The molecular weight excluding hydrogens is 415 g/mol. The van der Waals surface area contributed by atoms with Crippen molar-refractivity contribution >= 4 is 21.6 Å². The molecule has 0 saturated carbocycles. The molecule has 8 nitrogen and oxygen atoms in total. The summed E-state index contributed by atoms with van der Waals surface area (Å²) in [5.74, 6) is -2.02. The third-order valence-corrected chi connectivity index (χ3v) is 4.89. The van der Waals surface area contributed by atoms with Crippen molar-refractivity contribution < 1.29 is 39.9 Å². The van der Waals surface area contributed by atoms with Gasteiger partial charge < -0.3 is 4.74 Å². The minimum atomic E-state index is -5.95. The lowest BCUT2D eigenvalue weighted by atomic mass is 10.3. The van der Waals surface area contributed by atoms with Gasteiger partial charge in [-0.25, -0.2) is 8.78 Å². The van der Waals surface area contributed by atoms with E-state index in [4.69, 9.17) is 4.74 Å². The van der Waals surface area contributed by atoms with Gasteiger partial charge in [-0.05, 0) is 24.3 Å². The highest BCUT2D eigenvalue weighted by molar-refractivity contribution is 7.94. The molecule has 2 aromatic rings. The summed E-state index contributed by atoms with van der Waals surface area (Å²) in [5, 5.41) is 6.64. The molecule has 28 heavy (non-hydrogen) atoms. The van der Waals surface area contributed by atoms with Crippen LogP contribution >= 0.6 is 0 Å². The highest BCUT2D eigenvalue weighted by Gasteiger charge is 2.52. The second-order valence-corrected chi connectivity index (χ2v) is 7.04. The average Bonchev–Trinajstić information content (AvgIpc) is 2.96. The van der Waals surface area contributed by atoms with E-state index >= 15 is 0 Å². The number of anilines is 1. The summed E-state index contributed by atoms with van der Waals surface area (Å²) >= 11 is 0. The number of aromatic nitrogens is 3. The quantitative estimate of drug-likeness (QED) is 0.657. The van der Waals surface area contributed by atoms with E-state index < -0.39 is 45.8 Å². The van der Waals surface area contributed by atoms with E-state index in [1.165, 1.54) is 14.0 Å². The van der Waals surface area contributed by atoms with Gasteiger partial charge in [-0.1, -0.05) is 12.0 Å². The number of carbonyl (C=O) groups excluding carboxylic acids is 1. The Morgan fingerprint density at radius 3 is 2.21 bits per heavy atom. The van der Waals surface area contributed by atoms with Gasteiger partial charge in [-0.2, -0.15) is 25.9 Å². The molecule has 0 atom stereocenters. The fraction of sp³-hybridized carbons (Fsp3) is 0.357. The Morgan fingerprint density at radius 1 is 1.21 bits per heavy atom. The van der Waals surface area contributed by atoms with Gasteiger partial charge in [0.05, 0.1) is 5.69 Å². The van der Waals surface area contributed by atoms with Gasteiger partial charge in [-0.3, -0.25) is 9.36 Å². The Morgan fingerprint density at radius 2 is 1.79 bits per heavy atom. The minimum Gasteiger partial charge on any atom is -0.424 e. The van der Waals surface area contributed by atoms with Crippen molar-refractivity contribution in [1.82, 2.24) is 14.8 Å². The molecule has 0 aliphatic carbocycles. The highest BCUT2D eigenvalue weighted by atomic mass is 32.2. The van der Waals surface area contributed by atoms with Gasteiger partial charge in [0.15, 0.2) is 0 Å². The normalized spacial score (nSPS) is 12.3. The third-order valence-electron chi connectivity index (χ3n) is 3.41. The molecule has 0 unspecified atom stereocenters. The van der Waals surface area contributed by atoms with E-state index in [0.717, 1.165) is 28.8 Å². The van der Waals surface area contributed by atoms with Crippen molar-refractivity contribution in [1.29, 1.82) is 0 Å². The lowest BCUT2D eigenvalue weighted by Gasteiger charge is -2.23. The van der Waals surface area contributed by atoms with Crippen LogP contribution in [0, 0.1) is 0 Å². The van der Waals surface area contributed by atoms with Crippen molar-refractivity contribution in [2.24, 2.45) is 7.05 Å². The lowest BCUT2D eigenvalue weighted by molar-refractivity contribution is -0.117. The topological polar surface area (TPSA) is 94.4 Å². The molecule has 14 heteroatoms. The Hall–Kier alpha value is -2.77. The lowest BCUT2D eigenvalue weighted by Crippen LogP contribution is -2.44. The van der Waals surface area contributed by atoms with E-state index in [9.17, 15) is 35.2 Å². The van der Waals surface area contributed by atoms with E-state index in [1.54, 1.807) is 0 Å². The van der Waals surface area contributed by atoms with Crippen LogP contribution in [-0.2, 0) is 21.9 Å². The first-order valence-corrected chi connectivity index (χ1v) is 8.94. The predicted octanol–water partition coefficient (Wildman–Crippen LogP) is 3.14. The van der Waals surface area contributed by atoms with Crippen molar-refractivity contribution in [2.75, 3.05) is 4.31 Å². The maximum absolute atomic E-state index is 12.9. The van der Waals surface area contributed by atoms with Gasteiger partial charge >= 0.3 is 21.5 Å². The number of hydrogen-bond donors (Lipinski definition) is 0. The largest absolute Gasteiger partial charge is 0.517 e. The highest BCUT2D eigenvalue weighted by Crippen LogP contribution is 2.33. The zero-order chi connectivity index (χ0) is 21.3. The fourth-order valence-corrected chi connectivity index (χ4v) is 3.03. The molecule has 0 fully saturated rings. The van der Waals surface area contributed by atoms with Crippen LogP contribution in [0.5, 0.6) is 11.8 Å². The summed E-state index contributed by atoms with van der Waals surface area (Å²) < 4.78 is 93.0. The SMILES string of the molecule is CCC(=O)N(c1ccc(Oc2nnc(C(F)F)n2C)cc1)S(=O)(=O)C(F)(F)F. The summed E-state index contributed by atoms with van der Waals surface area (Å²) in [6, 6.07) is 3.57. The molecule has 0 aliphatic rings. The molecule has 0 saturated heterocycles. The second kappa shape index (κ2) is 7.69. The molecule has 0 spiro atoms. The van der Waals surface area contributed by atoms with Crippen LogP contribution in [0.3, 0.4) is 0 Å².